The largest absolute Gasteiger partial charge is 0.456 e. The number of hydrogen-bond acceptors (Lipinski definition) is 3. The van der Waals surface area contributed by atoms with Gasteiger partial charge >= 0.3 is 0 Å². The molecule has 2 heterocycles. The van der Waals surface area contributed by atoms with Crippen LogP contribution in [-0.4, -0.2) is 0 Å². The summed E-state index contributed by atoms with van der Waals surface area (Å²) < 4.78 is 13.4. The lowest BCUT2D eigenvalue weighted by molar-refractivity contribution is 0.660. The minimum atomic E-state index is -0.133. The van der Waals surface area contributed by atoms with Crippen LogP contribution in [-0.2, 0) is 5.41 Å². The van der Waals surface area contributed by atoms with Gasteiger partial charge in [0.2, 0.25) is 0 Å². The molecule has 0 atom stereocenters. The van der Waals surface area contributed by atoms with Gasteiger partial charge in [0.05, 0.1) is 0 Å². The molecule has 3 nitrogen and oxygen atoms in total. The molecule has 0 amide bonds. The second-order valence-corrected chi connectivity index (χ2v) is 17.6. The number of nitrogens with zero attached hydrogens (tertiary/aromatic N) is 1. The van der Waals surface area contributed by atoms with Crippen LogP contribution in [0.1, 0.15) is 25.0 Å². The maximum absolute atomic E-state index is 7.04. The Kier molecular flexibility index (Phi) is 7.95. The average molecular weight is 820 g/mol. The second-order valence-electron chi connectivity index (χ2n) is 17.6. The first-order chi connectivity index (χ1) is 31.5. The molecule has 1 aliphatic carbocycles. The van der Waals surface area contributed by atoms with E-state index in [0.717, 1.165) is 77.6 Å². The number of benzene rings is 10. The van der Waals surface area contributed by atoms with E-state index in [0.29, 0.717) is 0 Å². The molecule has 13 rings (SSSR count). The molecule has 0 radical (unpaired) electrons. The third-order valence-electron chi connectivity index (χ3n) is 13.7. The van der Waals surface area contributed by atoms with Crippen molar-refractivity contribution in [2.24, 2.45) is 0 Å². The van der Waals surface area contributed by atoms with Gasteiger partial charge in [0.15, 0.2) is 0 Å². The van der Waals surface area contributed by atoms with Gasteiger partial charge in [-0.1, -0.05) is 166 Å². The number of anilines is 3. The van der Waals surface area contributed by atoms with Crippen molar-refractivity contribution in [3.8, 4) is 44.5 Å². The quantitative estimate of drug-likeness (QED) is 0.167. The van der Waals surface area contributed by atoms with E-state index in [1.54, 1.807) is 0 Å². The third-order valence-corrected chi connectivity index (χ3v) is 13.7. The summed E-state index contributed by atoms with van der Waals surface area (Å²) in [5.74, 6) is 0. The lowest BCUT2D eigenvalue weighted by Gasteiger charge is -2.28. The highest BCUT2D eigenvalue weighted by molar-refractivity contribution is 6.27. The maximum atomic E-state index is 7.04. The van der Waals surface area contributed by atoms with Crippen molar-refractivity contribution in [2.45, 2.75) is 19.3 Å². The highest BCUT2D eigenvalue weighted by Crippen LogP contribution is 2.52. The summed E-state index contributed by atoms with van der Waals surface area (Å²) in [6.45, 7) is 4.70. The van der Waals surface area contributed by atoms with Gasteiger partial charge in [-0.25, -0.2) is 0 Å². The summed E-state index contributed by atoms with van der Waals surface area (Å²) in [7, 11) is 0. The predicted molar refractivity (Wildman–Crippen MR) is 267 cm³/mol. The molecule has 0 aliphatic heterocycles. The van der Waals surface area contributed by atoms with Gasteiger partial charge in [0.25, 0.3) is 0 Å². The SMILES string of the molecule is CC1(C)c2ccccc2-c2ccc(N(c3ccc(-c4ccccc4)cc3)c3ccc(-c4c(-c5cccc6ccccc56)ccc5c4oc4ccc6oc7ccccc7c6c45)cc3)cc21. The number of furan rings is 2. The van der Waals surface area contributed by atoms with Crippen molar-refractivity contribution < 1.29 is 8.83 Å². The molecule has 3 heteroatoms. The van der Waals surface area contributed by atoms with E-state index in [9.17, 15) is 0 Å². The second kappa shape index (κ2) is 13.9. The van der Waals surface area contributed by atoms with Crippen molar-refractivity contribution in [3.05, 3.63) is 223 Å². The molecule has 0 fully saturated rings. The molecule has 12 aromatic rings. The summed E-state index contributed by atoms with van der Waals surface area (Å²) in [4.78, 5) is 2.39. The van der Waals surface area contributed by atoms with Crippen LogP contribution in [0.5, 0.6) is 0 Å². The van der Waals surface area contributed by atoms with E-state index in [1.165, 1.54) is 49.7 Å². The molecule has 10 aromatic carbocycles. The van der Waals surface area contributed by atoms with Gasteiger partial charge in [-0.15, -0.1) is 0 Å². The lowest BCUT2D eigenvalue weighted by Crippen LogP contribution is -2.16. The van der Waals surface area contributed by atoms with Crippen LogP contribution in [0.4, 0.5) is 17.1 Å². The van der Waals surface area contributed by atoms with Gasteiger partial charge in [0.1, 0.15) is 22.3 Å². The highest BCUT2D eigenvalue weighted by Gasteiger charge is 2.36. The van der Waals surface area contributed by atoms with Gasteiger partial charge < -0.3 is 13.7 Å². The molecule has 0 unspecified atom stereocenters. The van der Waals surface area contributed by atoms with Crippen LogP contribution in [0, 0.1) is 0 Å². The zero-order valence-electron chi connectivity index (χ0n) is 35.5. The van der Waals surface area contributed by atoms with E-state index < -0.39 is 0 Å². The van der Waals surface area contributed by atoms with Crippen LogP contribution in [0.2, 0.25) is 0 Å². The van der Waals surface area contributed by atoms with Crippen LogP contribution in [0.25, 0.3) is 99.2 Å². The molecule has 64 heavy (non-hydrogen) atoms. The first-order valence-corrected chi connectivity index (χ1v) is 22.1. The molecule has 0 saturated heterocycles. The van der Waals surface area contributed by atoms with Crippen LogP contribution < -0.4 is 4.90 Å². The fraction of sp³-hybridized carbons (Fsp3) is 0.0492. The molecule has 1 aliphatic rings. The Morgan fingerprint density at radius 3 is 1.75 bits per heavy atom. The average Bonchev–Trinajstić information content (AvgIpc) is 3.99. The van der Waals surface area contributed by atoms with Crippen LogP contribution >= 0.6 is 0 Å². The Hall–Kier alpha value is -8.14. The number of hydrogen-bond donors (Lipinski definition) is 0. The minimum Gasteiger partial charge on any atom is -0.456 e. The van der Waals surface area contributed by atoms with Crippen molar-refractivity contribution in [1.29, 1.82) is 0 Å². The molecule has 302 valence electrons. The molecule has 0 bridgehead atoms. The normalized spacial score (nSPS) is 13.0. The smallest absolute Gasteiger partial charge is 0.143 e. The summed E-state index contributed by atoms with van der Waals surface area (Å²) >= 11 is 0. The van der Waals surface area contributed by atoms with Crippen molar-refractivity contribution in [2.75, 3.05) is 4.90 Å². The van der Waals surface area contributed by atoms with Gasteiger partial charge in [-0.3, -0.25) is 0 Å². The van der Waals surface area contributed by atoms with Crippen molar-refractivity contribution in [1.82, 2.24) is 0 Å². The van der Waals surface area contributed by atoms with Crippen LogP contribution in [0.3, 0.4) is 0 Å². The first kappa shape index (κ1) is 36.5. The highest BCUT2D eigenvalue weighted by atomic mass is 16.3. The topological polar surface area (TPSA) is 29.5 Å². The van der Waals surface area contributed by atoms with Crippen LogP contribution in [0.15, 0.2) is 221 Å². The lowest BCUT2D eigenvalue weighted by atomic mass is 9.82. The Balaban J connectivity index is 1.01. The van der Waals surface area contributed by atoms with Crippen molar-refractivity contribution in [3.63, 3.8) is 0 Å². The molecular formula is C61H41NO2. The molecule has 0 spiro atoms. The molecule has 0 N–H and O–H groups in total. The number of fused-ring (bicyclic) bond motifs is 11. The standard InChI is InChI=1S/C61H41NO2/c1-61(2)52-21-10-8-18-47(52)48-32-31-44(37-53(48)61)62(42-27-23-39(24-28-42)38-13-4-3-5-14-38)43-29-25-41(26-30-43)57-49(46-20-12-16-40-15-6-7-17-45(40)46)33-34-51-59-56(64-60(51)57)36-35-55-58(59)50-19-9-11-22-54(50)63-55/h3-37H,1-2H3. The van der Waals surface area contributed by atoms with Gasteiger partial charge in [-0.2, -0.15) is 0 Å². The molecule has 2 aromatic heterocycles. The molecule has 0 saturated carbocycles. The number of rotatable bonds is 6. The fourth-order valence-corrected chi connectivity index (χ4v) is 10.6. The van der Waals surface area contributed by atoms with Gasteiger partial charge in [-0.05, 0) is 122 Å². The summed E-state index contributed by atoms with van der Waals surface area (Å²) in [6.07, 6.45) is 0. The summed E-state index contributed by atoms with van der Waals surface area (Å²) in [6, 6.07) is 76.6. The monoisotopic (exact) mass is 819 g/mol. The Morgan fingerprint density at radius 2 is 0.938 bits per heavy atom. The third kappa shape index (κ3) is 5.47. The zero-order chi connectivity index (χ0) is 42.5. The Bertz CT molecular complexity index is 3790. The number of para-hydroxylation sites is 1. The van der Waals surface area contributed by atoms with Crippen molar-refractivity contribution >= 4 is 71.7 Å². The summed E-state index contributed by atoms with van der Waals surface area (Å²) in [5, 5.41) is 6.72. The van der Waals surface area contributed by atoms with E-state index in [4.69, 9.17) is 8.83 Å². The van der Waals surface area contributed by atoms with Gasteiger partial charge in [0, 0.05) is 49.6 Å². The Morgan fingerprint density at radius 1 is 0.359 bits per heavy atom. The van der Waals surface area contributed by atoms with E-state index in [2.05, 4.69) is 213 Å². The minimum absolute atomic E-state index is 0.133. The maximum Gasteiger partial charge on any atom is 0.143 e. The zero-order valence-corrected chi connectivity index (χ0v) is 35.5. The fourth-order valence-electron chi connectivity index (χ4n) is 10.6. The predicted octanol–water partition coefficient (Wildman–Crippen LogP) is 17.4. The first-order valence-electron chi connectivity index (χ1n) is 22.1. The Labute approximate surface area is 371 Å². The molecular weight excluding hydrogens is 779 g/mol. The van der Waals surface area contributed by atoms with E-state index >= 15 is 0 Å². The van der Waals surface area contributed by atoms with E-state index in [1.807, 2.05) is 18.2 Å². The van der Waals surface area contributed by atoms with E-state index in [-0.39, 0.29) is 5.41 Å². The summed E-state index contributed by atoms with van der Waals surface area (Å²) in [5.41, 5.74) is 18.7.